The van der Waals surface area contributed by atoms with Crippen LogP contribution < -0.4 is 19.3 Å². The van der Waals surface area contributed by atoms with E-state index in [0.717, 1.165) is 24.5 Å². The van der Waals surface area contributed by atoms with Crippen LogP contribution in [0, 0.1) is 0 Å². The lowest BCUT2D eigenvalue weighted by molar-refractivity contribution is 0.110. The van der Waals surface area contributed by atoms with Crippen LogP contribution in [0.15, 0.2) is 84.9 Å². The van der Waals surface area contributed by atoms with Gasteiger partial charge in [0.2, 0.25) is 0 Å². The highest BCUT2D eigenvalue weighted by molar-refractivity contribution is 5.46. The summed E-state index contributed by atoms with van der Waals surface area (Å²) < 4.78 is 11.5. The van der Waals surface area contributed by atoms with E-state index in [1.165, 1.54) is 0 Å². The van der Waals surface area contributed by atoms with Gasteiger partial charge in [-0.2, -0.15) is 0 Å². The van der Waals surface area contributed by atoms with Gasteiger partial charge in [0, 0.05) is 37.6 Å². The molecule has 0 radical (unpaired) electrons. The van der Waals surface area contributed by atoms with Crippen molar-refractivity contribution in [3.05, 3.63) is 84.9 Å². The zero-order chi connectivity index (χ0) is 24.2. The van der Waals surface area contributed by atoms with E-state index in [9.17, 15) is 10.2 Å². The number of aliphatic hydroxyl groups is 2. The summed E-state index contributed by atoms with van der Waals surface area (Å²) in [4.78, 5) is 4.24. The van der Waals surface area contributed by atoms with Crippen molar-refractivity contribution in [1.29, 1.82) is 0 Å². The standard InChI is InChI=1S/C28H36N2O4/c1-3-29(23-11-7-5-8-12-23)19-25(31)21-33-27-15-17-28(18-16-27)34-22-26(32)20-30(4-2)24-13-9-6-10-14-24/h5-18,25-26,31-32H,3-4,19-22H2,1-2H3/t25-,26-/m0/s1. The number of rotatable bonds is 14. The second kappa shape index (κ2) is 13.5. The minimum Gasteiger partial charge on any atom is -0.491 e. The summed E-state index contributed by atoms with van der Waals surface area (Å²) in [6.07, 6.45) is -1.23. The fourth-order valence-corrected chi connectivity index (χ4v) is 3.74. The Labute approximate surface area is 203 Å². The van der Waals surface area contributed by atoms with Crippen LogP contribution in [0.1, 0.15) is 13.8 Å². The van der Waals surface area contributed by atoms with Crippen LogP contribution in [0.25, 0.3) is 0 Å². The van der Waals surface area contributed by atoms with E-state index in [-0.39, 0.29) is 13.2 Å². The molecule has 0 unspecified atom stereocenters. The molecule has 6 heteroatoms. The van der Waals surface area contributed by atoms with Crippen LogP contribution in [0.3, 0.4) is 0 Å². The Morgan fingerprint density at radius 2 is 0.941 bits per heavy atom. The third-order valence-corrected chi connectivity index (χ3v) is 5.58. The van der Waals surface area contributed by atoms with Crippen molar-refractivity contribution < 1.29 is 19.7 Å². The Bertz CT molecular complexity index is 859. The van der Waals surface area contributed by atoms with Gasteiger partial charge in [-0.05, 0) is 62.4 Å². The van der Waals surface area contributed by atoms with Crippen LogP contribution in [0.4, 0.5) is 11.4 Å². The van der Waals surface area contributed by atoms with Gasteiger partial charge in [0.15, 0.2) is 0 Å². The monoisotopic (exact) mass is 464 g/mol. The van der Waals surface area contributed by atoms with E-state index in [2.05, 4.69) is 23.6 Å². The molecule has 182 valence electrons. The van der Waals surface area contributed by atoms with Crippen molar-refractivity contribution in [1.82, 2.24) is 0 Å². The molecule has 0 aromatic heterocycles. The average molecular weight is 465 g/mol. The molecule has 0 fully saturated rings. The van der Waals surface area contributed by atoms with E-state index in [4.69, 9.17) is 9.47 Å². The number of benzene rings is 3. The highest BCUT2D eigenvalue weighted by Crippen LogP contribution is 2.19. The quantitative estimate of drug-likeness (QED) is 0.372. The third kappa shape index (κ3) is 7.97. The fraction of sp³-hybridized carbons (Fsp3) is 0.357. The molecule has 0 aliphatic heterocycles. The van der Waals surface area contributed by atoms with Gasteiger partial charge in [0.05, 0.1) is 0 Å². The molecule has 0 aliphatic carbocycles. The van der Waals surface area contributed by atoms with Crippen LogP contribution in [-0.2, 0) is 0 Å². The Morgan fingerprint density at radius 1 is 0.588 bits per heavy atom. The van der Waals surface area contributed by atoms with Crippen molar-refractivity contribution >= 4 is 11.4 Å². The molecule has 0 bridgehead atoms. The van der Waals surface area contributed by atoms with Gasteiger partial charge in [-0.3, -0.25) is 0 Å². The molecule has 0 heterocycles. The summed E-state index contributed by atoms with van der Waals surface area (Å²) in [6.45, 7) is 7.15. The first-order valence-corrected chi connectivity index (χ1v) is 11.9. The molecule has 0 aliphatic rings. The van der Waals surface area contributed by atoms with Gasteiger partial charge >= 0.3 is 0 Å². The highest BCUT2D eigenvalue weighted by Gasteiger charge is 2.13. The van der Waals surface area contributed by atoms with E-state index >= 15 is 0 Å². The van der Waals surface area contributed by atoms with Crippen molar-refractivity contribution in [2.45, 2.75) is 26.1 Å². The number of anilines is 2. The van der Waals surface area contributed by atoms with Gasteiger partial charge in [-0.1, -0.05) is 36.4 Å². The second-order valence-electron chi connectivity index (χ2n) is 8.15. The molecular formula is C28H36N2O4. The lowest BCUT2D eigenvalue weighted by Crippen LogP contribution is -2.35. The molecule has 2 atom stereocenters. The Morgan fingerprint density at radius 3 is 1.26 bits per heavy atom. The number of hydrogen-bond donors (Lipinski definition) is 2. The van der Waals surface area contributed by atoms with Gasteiger partial charge in [0.25, 0.3) is 0 Å². The molecule has 0 spiro atoms. The molecular weight excluding hydrogens is 428 g/mol. The fourth-order valence-electron chi connectivity index (χ4n) is 3.74. The maximum absolute atomic E-state index is 10.4. The normalized spacial score (nSPS) is 12.6. The summed E-state index contributed by atoms with van der Waals surface area (Å²) in [7, 11) is 0. The number of likely N-dealkylation sites (N-methyl/N-ethyl adjacent to an activating group) is 2. The van der Waals surface area contributed by atoms with Crippen molar-refractivity contribution in [3.8, 4) is 11.5 Å². The van der Waals surface area contributed by atoms with Crippen LogP contribution in [0.2, 0.25) is 0 Å². The van der Waals surface area contributed by atoms with Crippen LogP contribution in [-0.4, -0.2) is 61.8 Å². The molecule has 0 saturated carbocycles. The van der Waals surface area contributed by atoms with E-state index in [1.807, 2.05) is 84.9 Å². The lowest BCUT2D eigenvalue weighted by atomic mass is 10.2. The molecule has 34 heavy (non-hydrogen) atoms. The van der Waals surface area contributed by atoms with E-state index in [0.29, 0.717) is 24.6 Å². The molecule has 0 saturated heterocycles. The third-order valence-electron chi connectivity index (χ3n) is 5.58. The Balaban J connectivity index is 1.41. The topological polar surface area (TPSA) is 65.4 Å². The Kier molecular flexibility index (Phi) is 10.1. The van der Waals surface area contributed by atoms with Crippen LogP contribution >= 0.6 is 0 Å². The number of aliphatic hydroxyl groups excluding tert-OH is 2. The maximum Gasteiger partial charge on any atom is 0.119 e. The molecule has 3 rings (SSSR count). The predicted molar refractivity (Wildman–Crippen MR) is 138 cm³/mol. The predicted octanol–water partition coefficient (Wildman–Crippen LogP) is 4.22. The molecule has 6 nitrogen and oxygen atoms in total. The lowest BCUT2D eigenvalue weighted by Gasteiger charge is -2.26. The highest BCUT2D eigenvalue weighted by atomic mass is 16.5. The molecule has 0 amide bonds. The smallest absolute Gasteiger partial charge is 0.119 e. The average Bonchev–Trinajstić information content (AvgIpc) is 2.89. The van der Waals surface area contributed by atoms with Gasteiger partial charge in [-0.15, -0.1) is 0 Å². The van der Waals surface area contributed by atoms with E-state index < -0.39 is 12.2 Å². The van der Waals surface area contributed by atoms with Crippen molar-refractivity contribution in [2.75, 3.05) is 49.2 Å². The number of nitrogens with zero attached hydrogens (tertiary/aromatic N) is 2. The van der Waals surface area contributed by atoms with E-state index in [1.54, 1.807) is 0 Å². The first-order valence-electron chi connectivity index (χ1n) is 11.9. The second-order valence-corrected chi connectivity index (χ2v) is 8.15. The molecule has 3 aromatic rings. The molecule has 2 N–H and O–H groups in total. The first kappa shape index (κ1) is 25.4. The van der Waals surface area contributed by atoms with Gasteiger partial charge < -0.3 is 29.5 Å². The summed E-state index contributed by atoms with van der Waals surface area (Å²) in [5.41, 5.74) is 2.16. The zero-order valence-electron chi connectivity index (χ0n) is 20.1. The minimum atomic E-state index is -0.614. The largest absolute Gasteiger partial charge is 0.491 e. The number of ether oxygens (including phenoxy) is 2. The minimum absolute atomic E-state index is 0.203. The van der Waals surface area contributed by atoms with Crippen LogP contribution in [0.5, 0.6) is 11.5 Å². The van der Waals surface area contributed by atoms with Gasteiger partial charge in [-0.25, -0.2) is 0 Å². The van der Waals surface area contributed by atoms with Crippen molar-refractivity contribution in [3.63, 3.8) is 0 Å². The first-order chi connectivity index (χ1) is 16.6. The zero-order valence-corrected chi connectivity index (χ0v) is 20.1. The SMILES string of the molecule is CCN(C[C@H](O)COc1ccc(OC[C@@H](O)CN(CC)c2ccccc2)cc1)c1ccccc1. The number of para-hydroxylation sites is 2. The Hall–Kier alpha value is -3.22. The summed E-state index contributed by atoms with van der Waals surface area (Å²) in [5, 5.41) is 20.8. The maximum atomic E-state index is 10.4. The summed E-state index contributed by atoms with van der Waals surface area (Å²) in [5.74, 6) is 1.33. The van der Waals surface area contributed by atoms with Crippen molar-refractivity contribution in [2.24, 2.45) is 0 Å². The summed E-state index contributed by atoms with van der Waals surface area (Å²) in [6, 6.07) is 27.3. The van der Waals surface area contributed by atoms with Gasteiger partial charge in [0.1, 0.15) is 36.9 Å². The summed E-state index contributed by atoms with van der Waals surface area (Å²) >= 11 is 0. The number of hydrogen-bond acceptors (Lipinski definition) is 6. The molecule has 3 aromatic carbocycles.